The number of ether oxygens (including phenoxy) is 5. The zero-order valence-electron chi connectivity index (χ0n) is 12.6. The molecule has 0 aromatic carbocycles. The minimum atomic E-state index is -1.45. The Kier molecular flexibility index (Phi) is 5.26. The smallest absolute Gasteiger partial charge is 0.309 e. The fraction of sp³-hybridized carbons (Fsp3) is 0.846. The molecule has 1 heterocycles. The highest BCUT2D eigenvalue weighted by Gasteiger charge is 2.58. The SMILES string of the molecule is CCOC(=O)C[C@]1(C=O)CO[C@@](C)(OC)[C@](C)(OC)O1. The van der Waals surface area contributed by atoms with Crippen LogP contribution in [0.15, 0.2) is 0 Å². The number of methoxy groups -OCH3 is 2. The number of carbonyl (C=O) groups is 2. The maximum atomic E-state index is 11.6. The lowest BCUT2D eigenvalue weighted by atomic mass is 9.97. The lowest BCUT2D eigenvalue weighted by Gasteiger charge is -2.51. The molecule has 0 spiro atoms. The van der Waals surface area contributed by atoms with Gasteiger partial charge in [0.1, 0.15) is 0 Å². The third-order valence-corrected chi connectivity index (χ3v) is 3.56. The van der Waals surface area contributed by atoms with Gasteiger partial charge in [-0.1, -0.05) is 0 Å². The molecule has 1 fully saturated rings. The van der Waals surface area contributed by atoms with Crippen LogP contribution in [0.25, 0.3) is 0 Å². The van der Waals surface area contributed by atoms with E-state index in [0.29, 0.717) is 6.29 Å². The van der Waals surface area contributed by atoms with Gasteiger partial charge in [-0.15, -0.1) is 0 Å². The van der Waals surface area contributed by atoms with Crippen LogP contribution in [0.5, 0.6) is 0 Å². The van der Waals surface area contributed by atoms with Gasteiger partial charge in [-0.05, 0) is 20.8 Å². The molecule has 1 aliphatic heterocycles. The highest BCUT2D eigenvalue weighted by molar-refractivity contribution is 5.78. The Hall–Kier alpha value is -1.02. The second-order valence-corrected chi connectivity index (χ2v) is 4.85. The summed E-state index contributed by atoms with van der Waals surface area (Å²) in [6, 6.07) is 0. The molecule has 0 aliphatic carbocycles. The van der Waals surface area contributed by atoms with Crippen molar-refractivity contribution in [1.82, 2.24) is 0 Å². The fourth-order valence-electron chi connectivity index (χ4n) is 2.02. The van der Waals surface area contributed by atoms with E-state index in [-0.39, 0.29) is 19.6 Å². The Morgan fingerprint density at radius 2 is 1.85 bits per heavy atom. The normalized spacial score (nSPS) is 37.5. The number of hydrogen-bond acceptors (Lipinski definition) is 7. The Bertz CT molecular complexity index is 372. The average Bonchev–Trinajstić information content (AvgIpc) is 2.43. The van der Waals surface area contributed by atoms with Gasteiger partial charge in [-0.2, -0.15) is 0 Å². The second kappa shape index (κ2) is 6.17. The Morgan fingerprint density at radius 1 is 1.25 bits per heavy atom. The first kappa shape index (κ1) is 17.0. The second-order valence-electron chi connectivity index (χ2n) is 4.85. The zero-order valence-corrected chi connectivity index (χ0v) is 12.6. The summed E-state index contributed by atoms with van der Waals surface area (Å²) in [7, 11) is 2.85. The molecule has 0 bridgehead atoms. The summed E-state index contributed by atoms with van der Waals surface area (Å²) in [5, 5.41) is 0. The molecule has 0 aromatic heterocycles. The van der Waals surface area contributed by atoms with E-state index in [1.807, 2.05) is 0 Å². The van der Waals surface area contributed by atoms with Gasteiger partial charge in [0, 0.05) is 14.2 Å². The summed E-state index contributed by atoms with van der Waals surface area (Å²) in [5.74, 6) is -3.07. The first-order chi connectivity index (χ1) is 9.30. The highest BCUT2D eigenvalue weighted by Crippen LogP contribution is 2.40. The molecule has 1 saturated heterocycles. The van der Waals surface area contributed by atoms with Crippen LogP contribution in [0.2, 0.25) is 0 Å². The number of hydrogen-bond donors (Lipinski definition) is 0. The van der Waals surface area contributed by atoms with Gasteiger partial charge < -0.3 is 28.5 Å². The van der Waals surface area contributed by atoms with E-state index < -0.39 is 23.1 Å². The van der Waals surface area contributed by atoms with Crippen LogP contribution in [0.4, 0.5) is 0 Å². The molecule has 0 aromatic rings. The van der Waals surface area contributed by atoms with E-state index in [2.05, 4.69) is 0 Å². The monoisotopic (exact) mass is 290 g/mol. The van der Waals surface area contributed by atoms with Gasteiger partial charge in [0.15, 0.2) is 11.9 Å². The van der Waals surface area contributed by atoms with Crippen LogP contribution in [0.1, 0.15) is 27.2 Å². The molecule has 0 radical (unpaired) electrons. The van der Waals surface area contributed by atoms with Crippen LogP contribution in [-0.2, 0) is 33.3 Å². The summed E-state index contributed by atoms with van der Waals surface area (Å²) in [5.41, 5.74) is -1.45. The molecule has 0 N–H and O–H groups in total. The molecule has 116 valence electrons. The molecule has 3 atom stereocenters. The van der Waals surface area contributed by atoms with Crippen LogP contribution in [-0.4, -0.2) is 56.9 Å². The van der Waals surface area contributed by atoms with Crippen molar-refractivity contribution in [1.29, 1.82) is 0 Å². The zero-order chi connectivity index (χ0) is 15.4. The van der Waals surface area contributed by atoms with Crippen molar-refractivity contribution in [2.75, 3.05) is 27.4 Å². The quantitative estimate of drug-likeness (QED) is 0.525. The van der Waals surface area contributed by atoms with Crippen LogP contribution in [0, 0.1) is 0 Å². The van der Waals surface area contributed by atoms with Crippen LogP contribution in [0.3, 0.4) is 0 Å². The molecule has 0 saturated carbocycles. The van der Waals surface area contributed by atoms with Crippen molar-refractivity contribution < 1.29 is 33.3 Å². The lowest BCUT2D eigenvalue weighted by molar-refractivity contribution is -0.442. The van der Waals surface area contributed by atoms with Gasteiger partial charge >= 0.3 is 5.97 Å². The minimum Gasteiger partial charge on any atom is -0.466 e. The largest absolute Gasteiger partial charge is 0.466 e. The maximum Gasteiger partial charge on any atom is 0.309 e. The van der Waals surface area contributed by atoms with Crippen molar-refractivity contribution in [3.63, 3.8) is 0 Å². The number of esters is 1. The molecule has 0 amide bonds. The summed E-state index contributed by atoms with van der Waals surface area (Å²) >= 11 is 0. The van der Waals surface area contributed by atoms with Gasteiger partial charge in [0.05, 0.1) is 19.6 Å². The van der Waals surface area contributed by atoms with E-state index in [4.69, 9.17) is 23.7 Å². The van der Waals surface area contributed by atoms with Crippen LogP contribution >= 0.6 is 0 Å². The lowest BCUT2D eigenvalue weighted by Crippen LogP contribution is -2.67. The predicted octanol–water partition coefficient (Wildman–Crippen LogP) is 0.649. The fourth-order valence-corrected chi connectivity index (χ4v) is 2.02. The molecular weight excluding hydrogens is 268 g/mol. The van der Waals surface area contributed by atoms with Crippen molar-refractivity contribution in [2.24, 2.45) is 0 Å². The maximum absolute atomic E-state index is 11.6. The van der Waals surface area contributed by atoms with Gasteiger partial charge in [-0.3, -0.25) is 4.79 Å². The standard InChI is InChI=1S/C13H22O7/c1-6-18-10(15)7-13(8-14)9-19-11(2,16-4)12(3,17-5)20-13/h8H,6-7,9H2,1-5H3/t11-,12-,13+/m1/s1. The average molecular weight is 290 g/mol. The predicted molar refractivity (Wildman–Crippen MR) is 67.9 cm³/mol. The summed E-state index contributed by atoms with van der Waals surface area (Å²) < 4.78 is 26.8. The van der Waals surface area contributed by atoms with Crippen LogP contribution < -0.4 is 0 Å². The first-order valence-corrected chi connectivity index (χ1v) is 6.36. The van der Waals surface area contributed by atoms with E-state index >= 15 is 0 Å². The van der Waals surface area contributed by atoms with E-state index in [1.165, 1.54) is 14.2 Å². The molecule has 7 heteroatoms. The highest BCUT2D eigenvalue weighted by atomic mass is 16.8. The molecule has 7 nitrogen and oxygen atoms in total. The van der Waals surface area contributed by atoms with Gasteiger partial charge in [0.25, 0.3) is 0 Å². The number of carbonyl (C=O) groups excluding carboxylic acids is 2. The summed E-state index contributed by atoms with van der Waals surface area (Å²) in [6.45, 7) is 5.00. The molecule has 20 heavy (non-hydrogen) atoms. The number of rotatable bonds is 6. The molecule has 1 aliphatic rings. The van der Waals surface area contributed by atoms with E-state index in [1.54, 1.807) is 20.8 Å². The Labute approximate surface area is 118 Å². The minimum absolute atomic E-state index is 0.126. The van der Waals surface area contributed by atoms with Gasteiger partial charge in [-0.25, -0.2) is 0 Å². The van der Waals surface area contributed by atoms with Crippen molar-refractivity contribution >= 4 is 12.3 Å². The Balaban J connectivity index is 2.97. The third kappa shape index (κ3) is 3.01. The van der Waals surface area contributed by atoms with Crippen molar-refractivity contribution in [3.8, 4) is 0 Å². The number of aldehydes is 1. The van der Waals surface area contributed by atoms with Crippen molar-refractivity contribution in [2.45, 2.75) is 44.4 Å². The first-order valence-electron chi connectivity index (χ1n) is 6.36. The molecule has 1 rings (SSSR count). The Morgan fingerprint density at radius 3 is 2.30 bits per heavy atom. The topological polar surface area (TPSA) is 80.3 Å². The van der Waals surface area contributed by atoms with Crippen molar-refractivity contribution in [3.05, 3.63) is 0 Å². The van der Waals surface area contributed by atoms with E-state index in [9.17, 15) is 9.59 Å². The summed E-state index contributed by atoms with van der Waals surface area (Å²) in [6.07, 6.45) is 0.291. The third-order valence-electron chi connectivity index (χ3n) is 3.56. The molecular formula is C13H22O7. The van der Waals surface area contributed by atoms with Gasteiger partial charge in [0.2, 0.25) is 11.6 Å². The summed E-state index contributed by atoms with van der Waals surface area (Å²) in [4.78, 5) is 23.0. The molecule has 0 unspecified atom stereocenters. The van der Waals surface area contributed by atoms with E-state index in [0.717, 1.165) is 0 Å².